The van der Waals surface area contributed by atoms with E-state index in [4.69, 9.17) is 17.0 Å². The molecule has 3 rings (SSSR count). The quantitative estimate of drug-likeness (QED) is 0.527. The van der Waals surface area contributed by atoms with E-state index >= 15 is 0 Å². The number of carbonyl (C=O) groups is 1. The summed E-state index contributed by atoms with van der Waals surface area (Å²) < 4.78 is 5.92. The third-order valence-electron chi connectivity index (χ3n) is 4.25. The zero-order valence-corrected chi connectivity index (χ0v) is 17.8. The minimum Gasteiger partial charge on any atom is -0.497 e. The van der Waals surface area contributed by atoms with Crippen molar-refractivity contribution in [1.82, 2.24) is 4.90 Å². The number of benzene rings is 1. The molecule has 1 amide bonds. The lowest BCUT2D eigenvalue weighted by molar-refractivity contribution is -0.122. The van der Waals surface area contributed by atoms with E-state index in [9.17, 15) is 9.90 Å². The van der Waals surface area contributed by atoms with E-state index in [1.807, 2.05) is 35.3 Å². The predicted molar refractivity (Wildman–Crippen MR) is 116 cm³/mol. The minimum atomic E-state index is -0.0220. The van der Waals surface area contributed by atoms with Crippen molar-refractivity contribution in [1.29, 1.82) is 0 Å². The Bertz CT molecular complexity index is 807. The van der Waals surface area contributed by atoms with Gasteiger partial charge in [-0.2, -0.15) is 0 Å². The Morgan fingerprint density at radius 3 is 2.74 bits per heavy atom. The van der Waals surface area contributed by atoms with Crippen LogP contribution in [-0.2, 0) is 4.79 Å². The molecular formula is C19H22N2O3S3. The maximum atomic E-state index is 12.6. The van der Waals surface area contributed by atoms with Gasteiger partial charge in [0.2, 0.25) is 0 Å². The van der Waals surface area contributed by atoms with E-state index in [2.05, 4.69) is 6.92 Å². The molecule has 5 nitrogen and oxygen atoms in total. The summed E-state index contributed by atoms with van der Waals surface area (Å²) in [6, 6.07) is 5.88. The Morgan fingerprint density at radius 2 is 2.04 bits per heavy atom. The Hall–Kier alpha value is -1.48. The molecule has 0 aliphatic carbocycles. The van der Waals surface area contributed by atoms with Crippen LogP contribution in [0.25, 0.3) is 0 Å². The number of allylic oxidation sites excluding steroid dienone is 2. The van der Waals surface area contributed by atoms with Crippen LogP contribution in [0.1, 0.15) is 19.8 Å². The molecule has 1 aromatic carbocycles. The molecule has 1 fully saturated rings. The third-order valence-corrected chi connectivity index (χ3v) is 6.76. The average molecular weight is 423 g/mol. The van der Waals surface area contributed by atoms with Crippen molar-refractivity contribution in [2.24, 2.45) is 0 Å². The second-order valence-electron chi connectivity index (χ2n) is 6.03. The second-order valence-corrected chi connectivity index (χ2v) is 8.76. The first kappa shape index (κ1) is 20.3. The van der Waals surface area contributed by atoms with Crippen LogP contribution >= 0.6 is 35.7 Å². The van der Waals surface area contributed by atoms with Crippen molar-refractivity contribution >= 4 is 51.7 Å². The molecule has 0 unspecified atom stereocenters. The van der Waals surface area contributed by atoms with Gasteiger partial charge in [-0.1, -0.05) is 49.1 Å². The van der Waals surface area contributed by atoms with Crippen molar-refractivity contribution in [2.45, 2.75) is 24.7 Å². The molecule has 2 heterocycles. The Morgan fingerprint density at radius 1 is 1.22 bits per heavy atom. The van der Waals surface area contributed by atoms with Crippen LogP contribution in [0.5, 0.6) is 5.75 Å². The number of β-amino-alcohol motifs (C(OH)–C–C–N with tert-alkyl or cyclic N) is 1. The molecule has 2 aliphatic heterocycles. The summed E-state index contributed by atoms with van der Waals surface area (Å²) in [4.78, 5) is 18.0. The number of thioether (sulfide) groups is 2. The number of aliphatic hydroxyl groups is 1. The highest BCUT2D eigenvalue weighted by Gasteiger charge is 2.31. The van der Waals surface area contributed by atoms with E-state index in [0.717, 1.165) is 34.2 Å². The van der Waals surface area contributed by atoms with Gasteiger partial charge in [0.25, 0.3) is 5.91 Å². The van der Waals surface area contributed by atoms with Crippen LogP contribution in [0.2, 0.25) is 0 Å². The molecule has 0 spiro atoms. The van der Waals surface area contributed by atoms with Crippen LogP contribution in [0.3, 0.4) is 0 Å². The number of thiocarbonyl (C=S) groups is 1. The summed E-state index contributed by atoms with van der Waals surface area (Å²) in [5, 5.41) is 10.4. The third kappa shape index (κ3) is 4.34. The van der Waals surface area contributed by atoms with Gasteiger partial charge in [0.1, 0.15) is 10.1 Å². The molecule has 0 aromatic heterocycles. The largest absolute Gasteiger partial charge is 0.497 e. The highest BCUT2D eigenvalue weighted by atomic mass is 32.2. The average Bonchev–Trinajstić information content (AvgIpc) is 3.15. The lowest BCUT2D eigenvalue weighted by Crippen LogP contribution is -2.28. The first-order valence-corrected chi connectivity index (χ1v) is 10.8. The zero-order chi connectivity index (χ0) is 19.4. The van der Waals surface area contributed by atoms with Crippen LogP contribution in [0.4, 0.5) is 5.69 Å². The molecule has 1 N–H and O–H groups in total. The van der Waals surface area contributed by atoms with Crippen LogP contribution < -0.4 is 9.64 Å². The van der Waals surface area contributed by atoms with Gasteiger partial charge in [-0.3, -0.25) is 9.69 Å². The highest BCUT2D eigenvalue weighted by molar-refractivity contribution is 8.26. The molecule has 27 heavy (non-hydrogen) atoms. The molecule has 1 aromatic rings. The normalized spacial score (nSPS) is 19.5. The maximum Gasteiger partial charge on any atom is 0.266 e. The monoisotopic (exact) mass is 422 g/mol. The molecule has 0 atom stereocenters. The lowest BCUT2D eigenvalue weighted by Gasteiger charge is -2.18. The number of aliphatic hydroxyl groups excluding tert-OH is 1. The van der Waals surface area contributed by atoms with E-state index in [1.165, 1.54) is 11.8 Å². The molecule has 2 aliphatic rings. The number of unbranched alkanes of at least 4 members (excludes halogenated alkanes) is 1. The molecule has 144 valence electrons. The lowest BCUT2D eigenvalue weighted by atomic mass is 10.2. The van der Waals surface area contributed by atoms with Gasteiger partial charge in [-0.25, -0.2) is 0 Å². The fraction of sp³-hybridized carbons (Fsp3) is 0.368. The summed E-state index contributed by atoms with van der Waals surface area (Å²) in [6.45, 7) is 3.30. The van der Waals surface area contributed by atoms with Gasteiger partial charge < -0.3 is 14.7 Å². The summed E-state index contributed by atoms with van der Waals surface area (Å²) >= 11 is 8.30. The first-order chi connectivity index (χ1) is 13.1. The van der Waals surface area contributed by atoms with E-state index in [-0.39, 0.29) is 12.5 Å². The number of carbonyl (C=O) groups excluding carboxylic acids is 1. The number of amides is 1. The molecule has 0 saturated carbocycles. The standard InChI is InChI=1S/C19H22N2O3S3/c1-3-4-9-21-18(23)15(27-19(21)25)7-8-17-20(10-11-22)14-6-5-13(24-2)12-16(14)26-17/h5-8,12,22H,3-4,9-11H2,1-2H3. The zero-order valence-electron chi connectivity index (χ0n) is 15.3. The fourth-order valence-electron chi connectivity index (χ4n) is 2.84. The maximum absolute atomic E-state index is 12.6. The second kappa shape index (κ2) is 9.14. The number of nitrogens with zero attached hydrogens (tertiary/aromatic N) is 2. The number of hydrogen-bond acceptors (Lipinski definition) is 7. The van der Waals surface area contributed by atoms with Crippen molar-refractivity contribution in [3.63, 3.8) is 0 Å². The minimum absolute atomic E-state index is 0.0220. The highest BCUT2D eigenvalue weighted by Crippen LogP contribution is 2.47. The molecular weight excluding hydrogens is 400 g/mol. The number of ether oxygens (including phenoxy) is 1. The molecule has 8 heteroatoms. The van der Waals surface area contributed by atoms with Crippen molar-refractivity contribution < 1.29 is 14.6 Å². The topological polar surface area (TPSA) is 53.0 Å². The summed E-state index contributed by atoms with van der Waals surface area (Å²) in [6.07, 6.45) is 5.73. The van der Waals surface area contributed by atoms with Gasteiger partial charge in [0.15, 0.2) is 0 Å². The van der Waals surface area contributed by atoms with Crippen LogP contribution in [-0.4, -0.2) is 47.0 Å². The predicted octanol–water partition coefficient (Wildman–Crippen LogP) is 3.99. The van der Waals surface area contributed by atoms with Crippen LogP contribution in [0.15, 0.2) is 45.2 Å². The van der Waals surface area contributed by atoms with Gasteiger partial charge in [-0.05, 0) is 36.8 Å². The van der Waals surface area contributed by atoms with E-state index < -0.39 is 0 Å². The molecule has 0 bridgehead atoms. The Kier molecular flexibility index (Phi) is 6.86. The number of anilines is 1. The fourth-order valence-corrected chi connectivity index (χ4v) is 5.21. The van der Waals surface area contributed by atoms with Crippen molar-refractivity contribution in [2.75, 3.05) is 31.7 Å². The SMILES string of the molecule is CCCCN1C(=O)C(=CC=C2Sc3cc(OC)ccc3N2CCO)SC1=S. The smallest absolute Gasteiger partial charge is 0.266 e. The Labute approximate surface area is 173 Å². The molecule has 0 radical (unpaired) electrons. The summed E-state index contributed by atoms with van der Waals surface area (Å²) in [7, 11) is 1.64. The van der Waals surface area contributed by atoms with E-state index in [0.29, 0.717) is 22.3 Å². The number of hydrogen-bond donors (Lipinski definition) is 1. The summed E-state index contributed by atoms with van der Waals surface area (Å²) in [5.41, 5.74) is 1.03. The van der Waals surface area contributed by atoms with E-state index in [1.54, 1.807) is 23.8 Å². The number of fused-ring (bicyclic) bond motifs is 1. The van der Waals surface area contributed by atoms with Gasteiger partial charge in [0.05, 0.1) is 29.3 Å². The van der Waals surface area contributed by atoms with Gasteiger partial charge in [-0.15, -0.1) is 0 Å². The first-order valence-electron chi connectivity index (χ1n) is 8.79. The number of rotatable bonds is 7. The Balaban J connectivity index is 1.83. The van der Waals surface area contributed by atoms with Gasteiger partial charge in [0, 0.05) is 18.0 Å². The number of methoxy groups -OCH3 is 1. The van der Waals surface area contributed by atoms with Crippen molar-refractivity contribution in [3.8, 4) is 5.75 Å². The van der Waals surface area contributed by atoms with Crippen LogP contribution in [0, 0.1) is 0 Å². The van der Waals surface area contributed by atoms with Crippen molar-refractivity contribution in [3.05, 3.63) is 40.3 Å². The summed E-state index contributed by atoms with van der Waals surface area (Å²) in [5.74, 6) is 0.773. The van der Waals surface area contributed by atoms with Gasteiger partial charge >= 0.3 is 0 Å². The molecule has 1 saturated heterocycles.